The fourth-order valence-electron chi connectivity index (χ4n) is 1.89. The van der Waals surface area contributed by atoms with Gasteiger partial charge in [-0.1, -0.05) is 12.1 Å². The third-order valence-corrected chi connectivity index (χ3v) is 2.80. The van der Waals surface area contributed by atoms with E-state index in [2.05, 4.69) is 20.0 Å². The Morgan fingerprint density at radius 2 is 2.09 bits per heavy atom. The monoisotopic (exact) mass is 325 g/mol. The number of carbonyl (C=O) groups excluding carboxylic acids is 1. The number of amides is 1. The van der Waals surface area contributed by atoms with Gasteiger partial charge in [0, 0.05) is 6.20 Å². The smallest absolute Gasteiger partial charge is 0.406 e. The van der Waals surface area contributed by atoms with E-state index >= 15 is 0 Å². The van der Waals surface area contributed by atoms with Crippen molar-refractivity contribution in [3.05, 3.63) is 53.6 Å². The maximum atomic E-state index is 12.2. The Hall–Kier alpha value is -2.64. The number of rotatable bonds is 5. The Morgan fingerprint density at radius 3 is 2.78 bits per heavy atom. The van der Waals surface area contributed by atoms with Crippen LogP contribution in [0.1, 0.15) is 17.1 Å². The van der Waals surface area contributed by atoms with Crippen LogP contribution in [0, 0.1) is 6.92 Å². The van der Waals surface area contributed by atoms with E-state index in [1.165, 1.54) is 18.2 Å². The lowest BCUT2D eigenvalue weighted by Gasteiger charge is -2.10. The Labute approximate surface area is 130 Å². The fraction of sp³-hybridized carbons (Fsp3) is 0.267. The molecule has 0 bridgehead atoms. The van der Waals surface area contributed by atoms with Crippen molar-refractivity contribution >= 4 is 5.91 Å². The SMILES string of the molecule is Cc1nccc(CNC(=O)Cc2cccc(OC(F)(F)F)c2)n1. The second-order valence-corrected chi connectivity index (χ2v) is 4.74. The van der Waals surface area contributed by atoms with E-state index in [0.717, 1.165) is 0 Å². The second-order valence-electron chi connectivity index (χ2n) is 4.74. The van der Waals surface area contributed by atoms with Gasteiger partial charge in [0.1, 0.15) is 11.6 Å². The van der Waals surface area contributed by atoms with Crippen LogP contribution in [-0.4, -0.2) is 22.2 Å². The van der Waals surface area contributed by atoms with Gasteiger partial charge in [-0.2, -0.15) is 0 Å². The average Bonchev–Trinajstić information content (AvgIpc) is 2.44. The largest absolute Gasteiger partial charge is 0.573 e. The average molecular weight is 325 g/mol. The summed E-state index contributed by atoms with van der Waals surface area (Å²) in [5, 5.41) is 2.65. The number of carbonyl (C=O) groups is 1. The first-order chi connectivity index (χ1) is 10.8. The molecule has 2 rings (SSSR count). The molecule has 0 aliphatic heterocycles. The minimum atomic E-state index is -4.76. The highest BCUT2D eigenvalue weighted by molar-refractivity contribution is 5.78. The van der Waals surface area contributed by atoms with Crippen LogP contribution in [0.5, 0.6) is 5.75 Å². The van der Waals surface area contributed by atoms with Gasteiger partial charge in [-0.3, -0.25) is 4.79 Å². The van der Waals surface area contributed by atoms with E-state index in [4.69, 9.17) is 0 Å². The summed E-state index contributed by atoms with van der Waals surface area (Å²) in [6.07, 6.45) is -3.23. The molecule has 0 fully saturated rings. The highest BCUT2D eigenvalue weighted by atomic mass is 19.4. The summed E-state index contributed by atoms with van der Waals surface area (Å²) >= 11 is 0. The topological polar surface area (TPSA) is 64.1 Å². The third-order valence-electron chi connectivity index (χ3n) is 2.80. The van der Waals surface area contributed by atoms with E-state index in [0.29, 0.717) is 17.1 Å². The van der Waals surface area contributed by atoms with E-state index in [1.807, 2.05) is 0 Å². The van der Waals surface area contributed by atoms with Gasteiger partial charge in [-0.05, 0) is 30.7 Å². The fourth-order valence-corrected chi connectivity index (χ4v) is 1.89. The van der Waals surface area contributed by atoms with Crippen molar-refractivity contribution in [1.29, 1.82) is 0 Å². The van der Waals surface area contributed by atoms with Gasteiger partial charge in [0.25, 0.3) is 0 Å². The molecule has 8 heteroatoms. The van der Waals surface area contributed by atoms with Crippen molar-refractivity contribution in [1.82, 2.24) is 15.3 Å². The number of hydrogen-bond acceptors (Lipinski definition) is 4. The zero-order chi connectivity index (χ0) is 16.9. The first kappa shape index (κ1) is 16.7. The van der Waals surface area contributed by atoms with Gasteiger partial charge in [-0.25, -0.2) is 9.97 Å². The summed E-state index contributed by atoms with van der Waals surface area (Å²) in [5.41, 5.74) is 1.07. The first-order valence-electron chi connectivity index (χ1n) is 6.72. The molecule has 23 heavy (non-hydrogen) atoms. The van der Waals surface area contributed by atoms with Crippen LogP contribution in [0.4, 0.5) is 13.2 Å². The van der Waals surface area contributed by atoms with Crippen molar-refractivity contribution in [3.63, 3.8) is 0 Å². The minimum Gasteiger partial charge on any atom is -0.406 e. The lowest BCUT2D eigenvalue weighted by molar-refractivity contribution is -0.274. The second kappa shape index (κ2) is 7.08. The number of halogens is 3. The van der Waals surface area contributed by atoms with Crippen LogP contribution < -0.4 is 10.1 Å². The summed E-state index contributed by atoms with van der Waals surface area (Å²) in [5.74, 6) is -0.0894. The highest BCUT2D eigenvalue weighted by Crippen LogP contribution is 2.23. The standard InChI is InChI=1S/C15H14F3N3O2/c1-10-19-6-5-12(21-10)9-20-14(22)8-11-3-2-4-13(7-11)23-15(16,17)18/h2-7H,8-9H2,1H3,(H,20,22). The summed E-state index contributed by atoms with van der Waals surface area (Å²) in [4.78, 5) is 19.9. The number of benzene rings is 1. The summed E-state index contributed by atoms with van der Waals surface area (Å²) in [6, 6.07) is 6.99. The predicted octanol–water partition coefficient (Wildman–Crippen LogP) is 2.54. The first-order valence-corrected chi connectivity index (χ1v) is 6.72. The van der Waals surface area contributed by atoms with Crippen LogP contribution >= 0.6 is 0 Å². The number of nitrogens with zero attached hydrogens (tertiary/aromatic N) is 2. The van der Waals surface area contributed by atoms with Crippen LogP contribution in [-0.2, 0) is 17.8 Å². The zero-order valence-corrected chi connectivity index (χ0v) is 12.2. The van der Waals surface area contributed by atoms with Crippen molar-refractivity contribution in [3.8, 4) is 5.75 Å². The molecule has 1 amide bonds. The number of hydrogen-bond donors (Lipinski definition) is 1. The highest BCUT2D eigenvalue weighted by Gasteiger charge is 2.31. The number of aryl methyl sites for hydroxylation is 1. The molecule has 0 aliphatic rings. The Bertz CT molecular complexity index is 690. The van der Waals surface area contributed by atoms with Gasteiger partial charge in [0.2, 0.25) is 5.91 Å². The van der Waals surface area contributed by atoms with E-state index in [9.17, 15) is 18.0 Å². The number of alkyl halides is 3. The molecule has 5 nitrogen and oxygen atoms in total. The van der Waals surface area contributed by atoms with E-state index in [-0.39, 0.29) is 24.6 Å². The summed E-state index contributed by atoms with van der Waals surface area (Å²) < 4.78 is 40.3. The van der Waals surface area contributed by atoms with Crippen LogP contribution in [0.15, 0.2) is 36.5 Å². The van der Waals surface area contributed by atoms with Crippen molar-refractivity contribution in [2.75, 3.05) is 0 Å². The molecule has 1 aromatic carbocycles. The molecule has 0 aliphatic carbocycles. The van der Waals surface area contributed by atoms with E-state index < -0.39 is 6.36 Å². The molecule has 1 aromatic heterocycles. The third kappa shape index (κ3) is 5.93. The molecular weight excluding hydrogens is 311 g/mol. The molecule has 1 heterocycles. The lowest BCUT2D eigenvalue weighted by Crippen LogP contribution is -2.25. The van der Waals surface area contributed by atoms with E-state index in [1.54, 1.807) is 25.3 Å². The maximum Gasteiger partial charge on any atom is 0.573 e. The van der Waals surface area contributed by atoms with Gasteiger partial charge >= 0.3 is 6.36 Å². The molecule has 2 aromatic rings. The normalized spacial score (nSPS) is 11.1. The summed E-state index contributed by atoms with van der Waals surface area (Å²) in [6.45, 7) is 1.96. The van der Waals surface area contributed by atoms with Gasteiger partial charge in [0.15, 0.2) is 0 Å². The van der Waals surface area contributed by atoms with Crippen molar-refractivity contribution < 1.29 is 22.7 Å². The van der Waals surface area contributed by atoms with Gasteiger partial charge in [-0.15, -0.1) is 13.2 Å². The molecule has 0 radical (unpaired) electrons. The van der Waals surface area contributed by atoms with Crippen molar-refractivity contribution in [2.45, 2.75) is 26.3 Å². The number of aromatic nitrogens is 2. The van der Waals surface area contributed by atoms with Crippen molar-refractivity contribution in [2.24, 2.45) is 0 Å². The Balaban J connectivity index is 1.91. The van der Waals surface area contributed by atoms with Crippen LogP contribution in [0.2, 0.25) is 0 Å². The predicted molar refractivity (Wildman–Crippen MR) is 75.4 cm³/mol. The molecular formula is C15H14F3N3O2. The molecule has 1 N–H and O–H groups in total. The zero-order valence-electron chi connectivity index (χ0n) is 12.2. The quantitative estimate of drug-likeness (QED) is 0.917. The van der Waals surface area contributed by atoms with Gasteiger partial charge in [0.05, 0.1) is 18.7 Å². The molecule has 0 saturated carbocycles. The molecule has 0 saturated heterocycles. The van der Waals surface area contributed by atoms with Gasteiger partial charge < -0.3 is 10.1 Å². The Kier molecular flexibility index (Phi) is 5.15. The molecule has 0 atom stereocenters. The van der Waals surface area contributed by atoms with Crippen LogP contribution in [0.3, 0.4) is 0 Å². The number of ether oxygens (including phenoxy) is 1. The molecule has 0 spiro atoms. The minimum absolute atomic E-state index is 0.0564. The molecule has 122 valence electrons. The summed E-state index contributed by atoms with van der Waals surface area (Å²) in [7, 11) is 0. The Morgan fingerprint density at radius 1 is 1.30 bits per heavy atom. The van der Waals surface area contributed by atoms with Crippen LogP contribution in [0.25, 0.3) is 0 Å². The molecule has 0 unspecified atom stereocenters. The maximum absolute atomic E-state index is 12.2. The lowest BCUT2D eigenvalue weighted by atomic mass is 10.1. The number of nitrogens with one attached hydrogen (secondary N) is 1.